The van der Waals surface area contributed by atoms with Crippen molar-refractivity contribution in [1.29, 1.82) is 0 Å². The van der Waals surface area contributed by atoms with Gasteiger partial charge in [-0.3, -0.25) is 9.82 Å². The van der Waals surface area contributed by atoms with E-state index in [0.29, 0.717) is 11.2 Å². The van der Waals surface area contributed by atoms with Crippen molar-refractivity contribution >= 4 is 38.3 Å². The summed E-state index contributed by atoms with van der Waals surface area (Å²) in [5.41, 5.74) is 3.99. The Morgan fingerprint density at radius 1 is 0.812 bits per heavy atom. The van der Waals surface area contributed by atoms with Crippen molar-refractivity contribution in [3.05, 3.63) is 90.3 Å². The van der Waals surface area contributed by atoms with Gasteiger partial charge in [-0.25, -0.2) is 18.4 Å². The van der Waals surface area contributed by atoms with E-state index in [4.69, 9.17) is 11.6 Å². The summed E-state index contributed by atoms with van der Waals surface area (Å²) in [6.07, 6.45) is 3.25. The van der Waals surface area contributed by atoms with E-state index in [1.165, 1.54) is 12.1 Å². The predicted octanol–water partition coefficient (Wildman–Crippen LogP) is 5.14. The number of pyridine rings is 2. The van der Waals surface area contributed by atoms with Gasteiger partial charge in [0.05, 0.1) is 10.6 Å². The van der Waals surface area contributed by atoms with E-state index >= 15 is 0 Å². The highest BCUT2D eigenvalue weighted by Crippen LogP contribution is 2.32. The largest absolute Gasteiger partial charge is 0.276 e. The van der Waals surface area contributed by atoms with Crippen LogP contribution in [0.5, 0.6) is 0 Å². The molecule has 3 heterocycles. The number of hydrogen-bond acceptors (Lipinski definition) is 5. The van der Waals surface area contributed by atoms with E-state index in [2.05, 4.69) is 24.9 Å². The first-order valence-electron chi connectivity index (χ1n) is 9.64. The molecule has 0 amide bonds. The molecule has 2 aromatic carbocycles. The third-order valence-corrected chi connectivity index (χ3v) is 6.62. The second kappa shape index (κ2) is 8.07. The lowest BCUT2D eigenvalue weighted by Crippen LogP contribution is -2.13. The average Bonchev–Trinajstić information content (AvgIpc) is 3.25. The molecule has 0 aliphatic carbocycles. The zero-order chi connectivity index (χ0) is 22.1. The quantitative estimate of drug-likeness (QED) is 0.353. The molecular formula is C23H16ClN5O2S. The fraction of sp³-hybridized carbons (Fsp3) is 0. The first-order chi connectivity index (χ1) is 15.5. The van der Waals surface area contributed by atoms with Crippen molar-refractivity contribution in [3.63, 3.8) is 0 Å². The van der Waals surface area contributed by atoms with Gasteiger partial charge in [0.1, 0.15) is 5.69 Å². The fourth-order valence-electron chi connectivity index (χ4n) is 3.36. The lowest BCUT2D eigenvalue weighted by atomic mass is 10.1. The van der Waals surface area contributed by atoms with Crippen molar-refractivity contribution in [2.45, 2.75) is 4.90 Å². The normalized spacial score (nSPS) is 11.5. The van der Waals surface area contributed by atoms with Gasteiger partial charge in [0.15, 0.2) is 10.8 Å². The van der Waals surface area contributed by atoms with Crippen LogP contribution in [-0.2, 0) is 10.0 Å². The number of benzene rings is 2. The number of anilines is 1. The van der Waals surface area contributed by atoms with Gasteiger partial charge in [0, 0.05) is 34.5 Å². The topological polar surface area (TPSA) is 101 Å². The summed E-state index contributed by atoms with van der Waals surface area (Å²) in [6, 6.07) is 21.4. The molecule has 0 saturated carbocycles. The fourth-order valence-corrected chi connectivity index (χ4v) is 4.64. The van der Waals surface area contributed by atoms with Crippen LogP contribution in [-0.4, -0.2) is 28.6 Å². The number of fused-ring (bicyclic) bond motifs is 1. The van der Waals surface area contributed by atoms with E-state index < -0.39 is 10.0 Å². The maximum Gasteiger partial charge on any atom is 0.261 e. The predicted molar refractivity (Wildman–Crippen MR) is 125 cm³/mol. The van der Waals surface area contributed by atoms with Crippen LogP contribution in [0.3, 0.4) is 0 Å². The van der Waals surface area contributed by atoms with Crippen LogP contribution in [0.4, 0.5) is 5.69 Å². The monoisotopic (exact) mass is 461 g/mol. The number of halogens is 1. The number of nitrogens with one attached hydrogen (secondary N) is 2. The highest BCUT2D eigenvalue weighted by molar-refractivity contribution is 7.92. The van der Waals surface area contributed by atoms with Crippen LogP contribution in [0, 0.1) is 0 Å². The summed E-state index contributed by atoms with van der Waals surface area (Å²) >= 11 is 6.19. The molecule has 9 heteroatoms. The molecule has 0 spiro atoms. The summed E-state index contributed by atoms with van der Waals surface area (Å²) in [5, 5.41) is 8.24. The minimum Gasteiger partial charge on any atom is -0.276 e. The Balaban J connectivity index is 1.55. The number of aromatic nitrogens is 4. The van der Waals surface area contributed by atoms with E-state index in [9.17, 15) is 8.42 Å². The van der Waals surface area contributed by atoms with Gasteiger partial charge < -0.3 is 0 Å². The van der Waals surface area contributed by atoms with E-state index in [1.807, 2.05) is 36.4 Å². The van der Waals surface area contributed by atoms with Gasteiger partial charge in [-0.15, -0.1) is 0 Å². The zero-order valence-corrected chi connectivity index (χ0v) is 18.1. The van der Waals surface area contributed by atoms with Crippen molar-refractivity contribution in [3.8, 4) is 22.4 Å². The molecule has 0 fully saturated rings. The number of hydrogen-bond donors (Lipinski definition) is 2. The van der Waals surface area contributed by atoms with Crippen molar-refractivity contribution in [2.24, 2.45) is 0 Å². The van der Waals surface area contributed by atoms with Gasteiger partial charge in [0.25, 0.3) is 10.0 Å². The van der Waals surface area contributed by atoms with Crippen LogP contribution < -0.4 is 4.72 Å². The molecular weight excluding hydrogens is 446 g/mol. The molecule has 0 bridgehead atoms. The molecule has 158 valence electrons. The molecule has 0 unspecified atom stereocenters. The summed E-state index contributed by atoms with van der Waals surface area (Å²) in [5.74, 6) is 0. The van der Waals surface area contributed by atoms with Crippen molar-refractivity contribution in [1.82, 2.24) is 20.2 Å². The van der Waals surface area contributed by atoms with Crippen LogP contribution in [0.2, 0.25) is 5.15 Å². The Morgan fingerprint density at radius 2 is 1.47 bits per heavy atom. The van der Waals surface area contributed by atoms with Gasteiger partial charge in [0.2, 0.25) is 0 Å². The molecule has 3 aromatic heterocycles. The Morgan fingerprint density at radius 3 is 2.22 bits per heavy atom. The molecule has 5 aromatic rings. The summed E-state index contributed by atoms with van der Waals surface area (Å²) in [4.78, 5) is 8.76. The molecule has 0 atom stereocenters. The Kier molecular flexibility index (Phi) is 5.08. The molecule has 0 saturated heterocycles. The van der Waals surface area contributed by atoms with Crippen molar-refractivity contribution in [2.75, 3.05) is 4.72 Å². The maximum absolute atomic E-state index is 12.7. The van der Waals surface area contributed by atoms with E-state index in [-0.39, 0.29) is 15.7 Å². The lowest BCUT2D eigenvalue weighted by molar-refractivity contribution is 0.601. The number of aromatic amines is 1. The number of sulfonamides is 1. The minimum atomic E-state index is -3.81. The van der Waals surface area contributed by atoms with E-state index in [1.54, 1.807) is 36.7 Å². The Bertz CT molecular complexity index is 1520. The highest BCUT2D eigenvalue weighted by Gasteiger charge is 2.17. The Labute approximate surface area is 189 Å². The summed E-state index contributed by atoms with van der Waals surface area (Å²) < 4.78 is 28.0. The van der Waals surface area contributed by atoms with Crippen LogP contribution >= 0.6 is 11.6 Å². The third kappa shape index (κ3) is 3.81. The number of rotatable bonds is 5. The standard InChI is InChI=1S/C23H16ClN5O2S/c24-22-20(29-32(30,31)18-9-5-2-6-10-18)12-17(13-25-22)16-11-19-21(15-7-3-1-4-8-15)27-28-23(19)26-14-16/h1-14,29H,(H,26,27,28). The van der Waals surface area contributed by atoms with E-state index in [0.717, 1.165) is 22.2 Å². The first-order valence-corrected chi connectivity index (χ1v) is 11.5. The molecule has 32 heavy (non-hydrogen) atoms. The van der Waals surface area contributed by atoms with Gasteiger partial charge >= 0.3 is 0 Å². The summed E-state index contributed by atoms with van der Waals surface area (Å²) in [6.45, 7) is 0. The van der Waals surface area contributed by atoms with Gasteiger partial charge in [-0.2, -0.15) is 5.10 Å². The van der Waals surface area contributed by atoms with Crippen LogP contribution in [0.25, 0.3) is 33.4 Å². The number of nitrogens with zero attached hydrogens (tertiary/aromatic N) is 3. The molecule has 7 nitrogen and oxygen atoms in total. The summed E-state index contributed by atoms with van der Waals surface area (Å²) in [7, 11) is -3.81. The average molecular weight is 462 g/mol. The second-order valence-electron chi connectivity index (χ2n) is 7.04. The molecule has 5 rings (SSSR count). The second-order valence-corrected chi connectivity index (χ2v) is 9.08. The SMILES string of the molecule is O=S(=O)(Nc1cc(-c2cnc3[nH]nc(-c4ccccc4)c3c2)cnc1Cl)c1ccccc1. The van der Waals surface area contributed by atoms with Crippen LogP contribution in [0.1, 0.15) is 0 Å². The Hall–Kier alpha value is -3.75. The first kappa shape index (κ1) is 20.2. The van der Waals surface area contributed by atoms with Crippen LogP contribution in [0.15, 0.2) is 90.1 Å². The maximum atomic E-state index is 12.7. The van der Waals surface area contributed by atoms with Gasteiger partial charge in [-0.05, 0) is 24.3 Å². The molecule has 0 aliphatic heterocycles. The molecule has 0 radical (unpaired) electrons. The highest BCUT2D eigenvalue weighted by atomic mass is 35.5. The molecule has 2 N–H and O–H groups in total. The zero-order valence-electron chi connectivity index (χ0n) is 16.5. The third-order valence-electron chi connectivity index (χ3n) is 4.93. The van der Waals surface area contributed by atoms with Gasteiger partial charge in [-0.1, -0.05) is 60.1 Å². The van der Waals surface area contributed by atoms with Crippen molar-refractivity contribution < 1.29 is 8.42 Å². The smallest absolute Gasteiger partial charge is 0.261 e. The lowest BCUT2D eigenvalue weighted by Gasteiger charge is -2.11. The molecule has 0 aliphatic rings. The minimum absolute atomic E-state index is 0.0515. The number of H-pyrrole nitrogens is 1.